The molecule has 0 fully saturated rings. The molecule has 1 unspecified atom stereocenters. The van der Waals surface area contributed by atoms with Crippen LogP contribution in [0.25, 0.3) is 0 Å². The average molecular weight is 264 g/mol. The second kappa shape index (κ2) is 8.53. The van der Waals surface area contributed by atoms with Crippen molar-refractivity contribution in [3.63, 3.8) is 0 Å². The maximum absolute atomic E-state index is 11.9. The third-order valence-corrected chi connectivity index (χ3v) is 3.05. The molecule has 0 aliphatic heterocycles. The topological polar surface area (TPSA) is 55.6 Å². The quantitative estimate of drug-likeness (QED) is 0.730. The van der Waals surface area contributed by atoms with Gasteiger partial charge in [0.2, 0.25) is 5.91 Å². The van der Waals surface area contributed by atoms with Crippen LogP contribution < -0.4 is 10.5 Å². The van der Waals surface area contributed by atoms with Gasteiger partial charge in [0.15, 0.2) is 0 Å². The fraction of sp³-hybridized carbons (Fsp3) is 0.533. The Morgan fingerprint density at radius 2 is 2.05 bits per heavy atom. The molecule has 0 bridgehead atoms. The zero-order valence-corrected chi connectivity index (χ0v) is 11.8. The summed E-state index contributed by atoms with van der Waals surface area (Å²) in [5.41, 5.74) is 5.46. The lowest BCUT2D eigenvalue weighted by Crippen LogP contribution is -2.33. The highest BCUT2D eigenvalue weighted by Gasteiger charge is 2.15. The minimum atomic E-state index is 0.00467. The number of carbonyl (C=O) groups is 1. The molecule has 1 rings (SSSR count). The van der Waals surface area contributed by atoms with Gasteiger partial charge in [-0.15, -0.1) is 0 Å². The Labute approximate surface area is 115 Å². The normalized spacial score (nSPS) is 11.9. The second-order valence-electron chi connectivity index (χ2n) is 4.75. The molecule has 106 valence electrons. The molecule has 0 heterocycles. The summed E-state index contributed by atoms with van der Waals surface area (Å²) in [6, 6.07) is 9.70. The van der Waals surface area contributed by atoms with Gasteiger partial charge in [0, 0.05) is 19.5 Å². The monoisotopic (exact) mass is 264 g/mol. The van der Waals surface area contributed by atoms with E-state index >= 15 is 0 Å². The predicted octanol–water partition coefficient (Wildman–Crippen LogP) is 1.90. The molecule has 0 aliphatic carbocycles. The predicted molar refractivity (Wildman–Crippen MR) is 77.0 cm³/mol. The molecular formula is C15H24N2O2. The molecule has 0 spiro atoms. The molecule has 2 N–H and O–H groups in total. The van der Waals surface area contributed by atoms with Crippen molar-refractivity contribution < 1.29 is 9.53 Å². The van der Waals surface area contributed by atoms with Crippen LogP contribution in [0, 0.1) is 5.92 Å². The molecule has 0 saturated heterocycles. The summed E-state index contributed by atoms with van der Waals surface area (Å²) in [4.78, 5) is 13.7. The molecule has 1 aromatic carbocycles. The summed E-state index contributed by atoms with van der Waals surface area (Å²) in [5, 5.41) is 0. The number of benzene rings is 1. The maximum atomic E-state index is 11.9. The second-order valence-corrected chi connectivity index (χ2v) is 4.75. The van der Waals surface area contributed by atoms with Gasteiger partial charge in [-0.2, -0.15) is 0 Å². The van der Waals surface area contributed by atoms with E-state index in [4.69, 9.17) is 10.5 Å². The van der Waals surface area contributed by atoms with E-state index in [1.165, 1.54) is 0 Å². The maximum Gasteiger partial charge on any atom is 0.225 e. The molecule has 1 amide bonds. The number of rotatable bonds is 8. The Hall–Kier alpha value is -1.55. The standard InChI is InChI=1S/C15H24N2O2/c1-13(9-10-16)15(18)17(2)11-6-12-19-14-7-4-3-5-8-14/h3-5,7-8,13H,6,9-12,16H2,1-2H3. The van der Waals surface area contributed by atoms with E-state index in [1.807, 2.05) is 44.3 Å². The van der Waals surface area contributed by atoms with Gasteiger partial charge in [-0.25, -0.2) is 0 Å². The molecule has 0 aliphatic rings. The molecule has 4 nitrogen and oxygen atoms in total. The third kappa shape index (κ3) is 5.75. The Morgan fingerprint density at radius 3 is 2.68 bits per heavy atom. The summed E-state index contributed by atoms with van der Waals surface area (Å²) < 4.78 is 5.59. The molecular weight excluding hydrogens is 240 g/mol. The first kappa shape index (κ1) is 15.5. The molecule has 0 saturated carbocycles. The molecule has 4 heteroatoms. The SMILES string of the molecule is CC(CCN)C(=O)N(C)CCCOc1ccccc1. The van der Waals surface area contributed by atoms with E-state index in [0.29, 0.717) is 19.7 Å². The van der Waals surface area contributed by atoms with Crippen molar-refractivity contribution in [3.8, 4) is 5.75 Å². The zero-order chi connectivity index (χ0) is 14.1. The van der Waals surface area contributed by atoms with Crippen LogP contribution in [-0.4, -0.2) is 37.6 Å². The summed E-state index contributed by atoms with van der Waals surface area (Å²) in [7, 11) is 1.83. The van der Waals surface area contributed by atoms with E-state index in [0.717, 1.165) is 18.6 Å². The fourth-order valence-corrected chi connectivity index (χ4v) is 1.87. The highest BCUT2D eigenvalue weighted by molar-refractivity contribution is 5.78. The van der Waals surface area contributed by atoms with Gasteiger partial charge in [-0.05, 0) is 31.5 Å². The first-order valence-electron chi connectivity index (χ1n) is 6.78. The van der Waals surface area contributed by atoms with E-state index in [1.54, 1.807) is 4.90 Å². The van der Waals surface area contributed by atoms with E-state index in [2.05, 4.69) is 0 Å². The average Bonchev–Trinajstić information content (AvgIpc) is 2.44. The first-order valence-corrected chi connectivity index (χ1v) is 6.78. The highest BCUT2D eigenvalue weighted by atomic mass is 16.5. The first-order chi connectivity index (χ1) is 9.15. The van der Waals surface area contributed by atoms with Gasteiger partial charge in [0.05, 0.1) is 6.61 Å². The third-order valence-electron chi connectivity index (χ3n) is 3.05. The fourth-order valence-electron chi connectivity index (χ4n) is 1.87. The van der Waals surface area contributed by atoms with Gasteiger partial charge in [-0.1, -0.05) is 25.1 Å². The number of nitrogens with zero attached hydrogens (tertiary/aromatic N) is 1. The minimum Gasteiger partial charge on any atom is -0.494 e. The van der Waals surface area contributed by atoms with Crippen molar-refractivity contribution >= 4 is 5.91 Å². The van der Waals surface area contributed by atoms with Gasteiger partial charge in [0.25, 0.3) is 0 Å². The lowest BCUT2D eigenvalue weighted by Gasteiger charge is -2.21. The smallest absolute Gasteiger partial charge is 0.225 e. The number of amides is 1. The van der Waals surface area contributed by atoms with Crippen LogP contribution in [0.4, 0.5) is 0 Å². The number of ether oxygens (including phenoxy) is 1. The van der Waals surface area contributed by atoms with Crippen LogP contribution in [0.1, 0.15) is 19.8 Å². The van der Waals surface area contributed by atoms with Gasteiger partial charge < -0.3 is 15.4 Å². The lowest BCUT2D eigenvalue weighted by atomic mass is 10.1. The number of nitrogens with two attached hydrogens (primary N) is 1. The minimum absolute atomic E-state index is 0.00467. The van der Waals surface area contributed by atoms with Crippen LogP contribution in [0.3, 0.4) is 0 Å². The number of hydrogen-bond acceptors (Lipinski definition) is 3. The Bertz CT molecular complexity index is 368. The highest BCUT2D eigenvalue weighted by Crippen LogP contribution is 2.09. The zero-order valence-electron chi connectivity index (χ0n) is 11.8. The molecule has 0 aromatic heterocycles. The molecule has 1 aromatic rings. The Kier molecular flexibility index (Phi) is 6.97. The van der Waals surface area contributed by atoms with Crippen molar-refractivity contribution in [3.05, 3.63) is 30.3 Å². The van der Waals surface area contributed by atoms with Gasteiger partial charge >= 0.3 is 0 Å². The van der Waals surface area contributed by atoms with Crippen molar-refractivity contribution in [1.29, 1.82) is 0 Å². The summed E-state index contributed by atoms with van der Waals surface area (Å²) in [5.74, 6) is 1.03. The molecule has 0 radical (unpaired) electrons. The van der Waals surface area contributed by atoms with Crippen LogP contribution in [0.2, 0.25) is 0 Å². The van der Waals surface area contributed by atoms with E-state index in [9.17, 15) is 4.79 Å². The summed E-state index contributed by atoms with van der Waals surface area (Å²) >= 11 is 0. The van der Waals surface area contributed by atoms with E-state index in [-0.39, 0.29) is 11.8 Å². The van der Waals surface area contributed by atoms with Crippen molar-refractivity contribution in [2.45, 2.75) is 19.8 Å². The molecule has 1 atom stereocenters. The Balaban J connectivity index is 2.20. The molecule has 19 heavy (non-hydrogen) atoms. The van der Waals surface area contributed by atoms with Crippen LogP contribution >= 0.6 is 0 Å². The van der Waals surface area contributed by atoms with Crippen LogP contribution in [-0.2, 0) is 4.79 Å². The van der Waals surface area contributed by atoms with Gasteiger partial charge in [-0.3, -0.25) is 4.79 Å². The largest absolute Gasteiger partial charge is 0.494 e. The Morgan fingerprint density at radius 1 is 1.37 bits per heavy atom. The van der Waals surface area contributed by atoms with Crippen LogP contribution in [0.5, 0.6) is 5.75 Å². The van der Waals surface area contributed by atoms with Crippen molar-refractivity contribution in [2.75, 3.05) is 26.7 Å². The number of para-hydroxylation sites is 1. The van der Waals surface area contributed by atoms with Crippen LogP contribution in [0.15, 0.2) is 30.3 Å². The summed E-state index contributed by atoms with van der Waals surface area (Å²) in [6.45, 7) is 3.80. The number of carbonyl (C=O) groups excluding carboxylic acids is 1. The summed E-state index contributed by atoms with van der Waals surface area (Å²) in [6.07, 6.45) is 1.57. The van der Waals surface area contributed by atoms with Crippen molar-refractivity contribution in [2.24, 2.45) is 11.7 Å². The number of hydrogen-bond donors (Lipinski definition) is 1. The van der Waals surface area contributed by atoms with Crippen molar-refractivity contribution in [1.82, 2.24) is 4.90 Å². The lowest BCUT2D eigenvalue weighted by molar-refractivity contribution is -0.133. The van der Waals surface area contributed by atoms with E-state index < -0.39 is 0 Å². The van der Waals surface area contributed by atoms with Gasteiger partial charge in [0.1, 0.15) is 5.75 Å².